The molecule has 0 heterocycles. The Morgan fingerprint density at radius 2 is 0.875 bits per heavy atom. The molecule has 2 aliphatic rings. The van der Waals surface area contributed by atoms with Crippen molar-refractivity contribution in [3.8, 4) is 22.3 Å². The maximum Gasteiger partial charge on any atom is -1.00 e. The fourth-order valence-corrected chi connectivity index (χ4v) is 29.3. The number of allylic oxidation sites excluding steroid dienone is 2. The number of hydrogen-bond donors (Lipinski definition) is 0. The normalized spacial score (nSPS) is 17.1. The molecule has 0 aromatic heterocycles. The summed E-state index contributed by atoms with van der Waals surface area (Å²) in [7, 11) is 0. The Balaban J connectivity index is 0.00000185. The largest absolute Gasteiger partial charge is 1.00 e. The molecule has 4 aromatic rings. The zero-order valence-electron chi connectivity index (χ0n) is 24.4. The van der Waals surface area contributed by atoms with E-state index in [0.717, 1.165) is 0 Å². The van der Waals surface area contributed by atoms with Gasteiger partial charge in [-0.15, -0.1) is 0 Å². The van der Waals surface area contributed by atoms with Gasteiger partial charge in [-0.05, 0) is 0 Å². The van der Waals surface area contributed by atoms with E-state index in [1.54, 1.807) is 22.3 Å². The number of rotatable bonds is 4. The summed E-state index contributed by atoms with van der Waals surface area (Å²) in [5.74, 6) is 0. The van der Waals surface area contributed by atoms with Crippen molar-refractivity contribution < 1.29 is 42.2 Å². The Kier molecular flexibility index (Phi) is 8.55. The first-order chi connectivity index (χ1) is 18.1. The number of benzene rings is 4. The molecule has 2 atom stereocenters. The van der Waals surface area contributed by atoms with Crippen LogP contribution in [0.15, 0.2) is 96.1 Å². The van der Waals surface area contributed by atoms with Gasteiger partial charge in [-0.25, -0.2) is 0 Å². The molecule has 40 heavy (non-hydrogen) atoms. The van der Waals surface area contributed by atoms with Crippen molar-refractivity contribution in [1.82, 2.24) is 0 Å². The molecule has 0 spiro atoms. The maximum absolute atomic E-state index is 3.53. The number of fused-ring (bicyclic) bond motifs is 2. The molecule has 0 fully saturated rings. The standard InChI is InChI=1S/2C17H15.2CH3.2ClH.H2Si.Zr/c2*1-12-10-15-9-8-13(2)17(16(15)11-12)14-6-4-3-5-7-14;;;;;;/h2*3-11H,1-2H3;2*1H3;2*1H;1H2;/q;;;;;;;+2/p-2. The topological polar surface area (TPSA) is 0 Å². The fourth-order valence-electron chi connectivity index (χ4n) is 8.08. The van der Waals surface area contributed by atoms with Crippen molar-refractivity contribution in [2.45, 2.75) is 44.2 Å². The molecule has 6 rings (SSSR count). The molecule has 204 valence electrons. The van der Waals surface area contributed by atoms with Gasteiger partial charge < -0.3 is 24.8 Å². The summed E-state index contributed by atoms with van der Waals surface area (Å²) in [6.07, 6.45) is 5.06. The van der Waals surface area contributed by atoms with Gasteiger partial charge in [0.1, 0.15) is 0 Å². The van der Waals surface area contributed by atoms with Gasteiger partial charge in [0.15, 0.2) is 0 Å². The minimum Gasteiger partial charge on any atom is -1.00 e. The van der Waals surface area contributed by atoms with E-state index in [1.807, 2.05) is 0 Å². The first-order valence-corrected chi connectivity index (χ1v) is 27.6. The summed E-state index contributed by atoms with van der Waals surface area (Å²) in [5.41, 5.74) is 17.4. The van der Waals surface area contributed by atoms with Gasteiger partial charge in [0, 0.05) is 0 Å². The van der Waals surface area contributed by atoms with Crippen LogP contribution in [-0.2, 0) is 17.4 Å². The first kappa shape index (κ1) is 31.0. The van der Waals surface area contributed by atoms with Crippen LogP contribution in [0.4, 0.5) is 0 Å². The number of halogens is 2. The molecule has 0 saturated carbocycles. The third-order valence-corrected chi connectivity index (χ3v) is 27.2. The van der Waals surface area contributed by atoms with E-state index < -0.39 is 17.4 Å². The average Bonchev–Trinajstić information content (AvgIpc) is 3.41. The zero-order chi connectivity index (χ0) is 26.8. The van der Waals surface area contributed by atoms with Crippen LogP contribution in [0.25, 0.3) is 34.4 Å². The van der Waals surface area contributed by atoms with Gasteiger partial charge in [-0.2, -0.15) is 0 Å². The summed E-state index contributed by atoms with van der Waals surface area (Å²) in [4.78, 5) is 0. The molecule has 0 nitrogen and oxygen atoms in total. The first-order valence-electron chi connectivity index (χ1n) is 13.9. The van der Waals surface area contributed by atoms with E-state index in [9.17, 15) is 0 Å². The zero-order valence-corrected chi connectivity index (χ0v) is 29.7. The van der Waals surface area contributed by atoms with Crippen LogP contribution in [0.2, 0.25) is 9.26 Å². The SMILES string of the molecule is CC1=Cc2c(ccc(C)c2-c2ccccc2)[CH]1[Zr+2]([CH3])([CH3])(=[SiH2])[CH]1C(C)=Cc2c1ccc(C)c2-c1ccccc1.[Cl-].[Cl-]. The van der Waals surface area contributed by atoms with Gasteiger partial charge in [0.05, 0.1) is 0 Å². The van der Waals surface area contributed by atoms with Crippen LogP contribution in [0.3, 0.4) is 0 Å². The molecule has 0 aliphatic heterocycles. The average molecular weight is 661 g/mol. The van der Waals surface area contributed by atoms with Crippen molar-refractivity contribution in [3.63, 3.8) is 0 Å². The molecule has 0 N–H and O–H groups in total. The molecule has 0 radical (unpaired) electrons. The third kappa shape index (κ3) is 4.80. The van der Waals surface area contributed by atoms with Crippen LogP contribution in [-0.4, -0.2) is 6.88 Å². The van der Waals surface area contributed by atoms with E-state index in [0.29, 0.717) is 7.25 Å². The molecule has 2 unspecified atom stereocenters. The van der Waals surface area contributed by atoms with Crippen molar-refractivity contribution in [3.05, 3.63) is 129 Å². The van der Waals surface area contributed by atoms with Gasteiger partial charge in [-0.1, -0.05) is 0 Å². The van der Waals surface area contributed by atoms with Crippen molar-refractivity contribution in [2.75, 3.05) is 0 Å². The molecule has 0 amide bonds. The van der Waals surface area contributed by atoms with Crippen LogP contribution in [0, 0.1) is 13.8 Å². The second-order valence-electron chi connectivity index (χ2n) is 12.8. The Bertz CT molecular complexity index is 1600. The quantitative estimate of drug-likeness (QED) is 0.294. The van der Waals surface area contributed by atoms with Crippen molar-refractivity contribution in [2.24, 2.45) is 0 Å². The van der Waals surface area contributed by atoms with Crippen LogP contribution < -0.4 is 24.8 Å². The summed E-state index contributed by atoms with van der Waals surface area (Å²) in [5, 5.41) is 0. The fraction of sp³-hybridized carbons (Fsp3) is 0.222. The van der Waals surface area contributed by atoms with E-state index >= 15 is 0 Å². The molecule has 2 aliphatic carbocycles. The van der Waals surface area contributed by atoms with Crippen LogP contribution >= 0.6 is 0 Å². The number of aryl methyl sites for hydroxylation is 2. The van der Waals surface area contributed by atoms with E-state index in [-0.39, 0.29) is 24.8 Å². The number of hydrogen-bond acceptors (Lipinski definition) is 0. The van der Waals surface area contributed by atoms with Gasteiger partial charge in [0.2, 0.25) is 0 Å². The van der Waals surface area contributed by atoms with Crippen molar-refractivity contribution >= 4 is 19.0 Å². The molecule has 4 heteroatoms. The van der Waals surface area contributed by atoms with Crippen LogP contribution in [0.1, 0.15) is 54.5 Å². The predicted molar refractivity (Wildman–Crippen MR) is 166 cm³/mol. The van der Waals surface area contributed by atoms with Crippen LogP contribution in [0.5, 0.6) is 0 Å². The minimum atomic E-state index is -3.53. The second-order valence-corrected chi connectivity index (χ2v) is 43.3. The molecule has 0 saturated heterocycles. The Labute approximate surface area is 255 Å². The third-order valence-electron chi connectivity index (χ3n) is 9.27. The Morgan fingerprint density at radius 3 is 1.23 bits per heavy atom. The Morgan fingerprint density at radius 1 is 0.525 bits per heavy atom. The smallest absolute Gasteiger partial charge is 1.00 e. The van der Waals surface area contributed by atoms with E-state index in [1.165, 1.54) is 44.5 Å². The molecule has 4 aromatic carbocycles. The minimum absolute atomic E-state index is 0. The van der Waals surface area contributed by atoms with E-state index in [4.69, 9.17) is 0 Å². The Hall–Kier alpha value is -1.96. The van der Waals surface area contributed by atoms with Gasteiger partial charge >= 0.3 is 232 Å². The summed E-state index contributed by atoms with van der Waals surface area (Å²) in [6.45, 7) is 11.8. The molecule has 0 bridgehead atoms. The maximum atomic E-state index is 2.73. The monoisotopic (exact) mass is 658 g/mol. The second kappa shape index (κ2) is 11.0. The summed E-state index contributed by atoms with van der Waals surface area (Å²) < 4.78 is 6.54. The molecular formula is C36H38Cl2SiZr. The van der Waals surface area contributed by atoms with Gasteiger partial charge in [-0.3, -0.25) is 0 Å². The summed E-state index contributed by atoms with van der Waals surface area (Å²) in [6, 6.07) is 31.6. The van der Waals surface area contributed by atoms with Crippen molar-refractivity contribution in [1.29, 1.82) is 0 Å². The van der Waals surface area contributed by atoms with Gasteiger partial charge in [0.25, 0.3) is 0 Å². The van der Waals surface area contributed by atoms with E-state index in [2.05, 4.69) is 141 Å². The predicted octanol–water partition coefficient (Wildman–Crippen LogP) is 3.60. The summed E-state index contributed by atoms with van der Waals surface area (Å²) >= 11 is -3.53. The molecular weight excluding hydrogens is 623 g/mol.